The Bertz CT molecular complexity index is 166. The molecular formula is C12H24N2. The molecule has 0 atom stereocenters. The van der Waals surface area contributed by atoms with Gasteiger partial charge in [0, 0.05) is 19.1 Å². The molecule has 0 aromatic carbocycles. The molecule has 14 heavy (non-hydrogen) atoms. The molecule has 2 fully saturated rings. The van der Waals surface area contributed by atoms with Gasteiger partial charge >= 0.3 is 0 Å². The summed E-state index contributed by atoms with van der Waals surface area (Å²) < 4.78 is 0. The molecule has 0 bridgehead atoms. The molecule has 0 radical (unpaired) electrons. The van der Waals surface area contributed by atoms with E-state index in [2.05, 4.69) is 16.7 Å². The van der Waals surface area contributed by atoms with Crippen molar-refractivity contribution in [2.45, 2.75) is 45.1 Å². The highest BCUT2D eigenvalue weighted by molar-refractivity contribution is 4.82. The average molecular weight is 196 g/mol. The zero-order valence-electron chi connectivity index (χ0n) is 9.54. The predicted molar refractivity (Wildman–Crippen MR) is 60.6 cm³/mol. The van der Waals surface area contributed by atoms with Crippen molar-refractivity contribution in [1.82, 2.24) is 9.80 Å². The molecule has 0 amide bonds. The molecule has 1 aliphatic heterocycles. The largest absolute Gasteiger partial charge is 0.302 e. The first kappa shape index (κ1) is 10.4. The summed E-state index contributed by atoms with van der Waals surface area (Å²) in [5.74, 6) is 0. The van der Waals surface area contributed by atoms with Gasteiger partial charge < -0.3 is 4.90 Å². The molecule has 2 aliphatic rings. The van der Waals surface area contributed by atoms with Crippen LogP contribution in [0, 0.1) is 0 Å². The molecule has 0 unspecified atom stereocenters. The summed E-state index contributed by atoms with van der Waals surface area (Å²) in [6.07, 6.45) is 7.10. The standard InChI is InChI=1S/C12H24N2/c1-2-7-13-8-4-9-14(11-10-13)12-5-3-6-12/h12H,2-11H2,1H3. The van der Waals surface area contributed by atoms with E-state index >= 15 is 0 Å². The Morgan fingerprint density at radius 3 is 2.50 bits per heavy atom. The number of nitrogens with zero attached hydrogens (tertiary/aromatic N) is 2. The normalized spacial score (nSPS) is 27.2. The smallest absolute Gasteiger partial charge is 0.0112 e. The number of hydrogen-bond donors (Lipinski definition) is 0. The highest BCUT2D eigenvalue weighted by Gasteiger charge is 2.26. The first-order valence-electron chi connectivity index (χ1n) is 6.36. The van der Waals surface area contributed by atoms with Gasteiger partial charge in [0.15, 0.2) is 0 Å². The Hall–Kier alpha value is -0.0800. The van der Waals surface area contributed by atoms with E-state index in [1.807, 2.05) is 0 Å². The van der Waals surface area contributed by atoms with Crippen LogP contribution in [0.25, 0.3) is 0 Å². The minimum atomic E-state index is 0.955. The van der Waals surface area contributed by atoms with Gasteiger partial charge in [-0.15, -0.1) is 0 Å². The maximum atomic E-state index is 2.74. The Balaban J connectivity index is 1.75. The van der Waals surface area contributed by atoms with Crippen molar-refractivity contribution in [2.24, 2.45) is 0 Å². The Morgan fingerprint density at radius 1 is 1.00 bits per heavy atom. The molecule has 2 heteroatoms. The van der Waals surface area contributed by atoms with Crippen molar-refractivity contribution in [3.05, 3.63) is 0 Å². The minimum Gasteiger partial charge on any atom is -0.302 e. The summed E-state index contributed by atoms with van der Waals surface area (Å²) in [5, 5.41) is 0. The molecular weight excluding hydrogens is 172 g/mol. The zero-order valence-corrected chi connectivity index (χ0v) is 9.54. The van der Waals surface area contributed by atoms with E-state index in [0.717, 1.165) is 6.04 Å². The van der Waals surface area contributed by atoms with Crippen molar-refractivity contribution < 1.29 is 0 Å². The summed E-state index contributed by atoms with van der Waals surface area (Å²) in [5.41, 5.74) is 0. The molecule has 1 saturated heterocycles. The van der Waals surface area contributed by atoms with Crippen LogP contribution in [0.15, 0.2) is 0 Å². The van der Waals surface area contributed by atoms with E-state index < -0.39 is 0 Å². The Labute approximate surface area is 88.3 Å². The lowest BCUT2D eigenvalue weighted by molar-refractivity contribution is 0.131. The fraction of sp³-hybridized carbons (Fsp3) is 1.00. The Kier molecular flexibility index (Phi) is 3.82. The second-order valence-electron chi connectivity index (χ2n) is 4.82. The fourth-order valence-electron chi connectivity index (χ4n) is 2.65. The maximum Gasteiger partial charge on any atom is 0.0112 e. The van der Waals surface area contributed by atoms with Gasteiger partial charge in [0.1, 0.15) is 0 Å². The second-order valence-corrected chi connectivity index (χ2v) is 4.82. The Morgan fingerprint density at radius 2 is 1.86 bits per heavy atom. The van der Waals surface area contributed by atoms with Gasteiger partial charge in [-0.25, -0.2) is 0 Å². The van der Waals surface area contributed by atoms with Gasteiger partial charge in [-0.1, -0.05) is 13.3 Å². The van der Waals surface area contributed by atoms with Crippen molar-refractivity contribution >= 4 is 0 Å². The van der Waals surface area contributed by atoms with E-state index in [1.54, 1.807) is 0 Å². The molecule has 1 heterocycles. The third-order valence-corrected chi connectivity index (χ3v) is 3.75. The van der Waals surface area contributed by atoms with Crippen LogP contribution in [0.4, 0.5) is 0 Å². The van der Waals surface area contributed by atoms with Gasteiger partial charge in [0.2, 0.25) is 0 Å². The minimum absolute atomic E-state index is 0.955. The molecule has 2 nitrogen and oxygen atoms in total. The van der Waals surface area contributed by atoms with Gasteiger partial charge in [-0.2, -0.15) is 0 Å². The van der Waals surface area contributed by atoms with Crippen LogP contribution < -0.4 is 0 Å². The van der Waals surface area contributed by atoms with Gasteiger partial charge in [0.25, 0.3) is 0 Å². The summed E-state index contributed by atoms with van der Waals surface area (Å²) in [6, 6.07) is 0.955. The quantitative estimate of drug-likeness (QED) is 0.681. The van der Waals surface area contributed by atoms with E-state index in [4.69, 9.17) is 0 Å². The fourth-order valence-corrected chi connectivity index (χ4v) is 2.65. The predicted octanol–water partition coefficient (Wildman–Crippen LogP) is 1.96. The summed E-state index contributed by atoms with van der Waals surface area (Å²) in [4.78, 5) is 5.37. The van der Waals surface area contributed by atoms with Crippen LogP contribution in [0.5, 0.6) is 0 Å². The first-order valence-corrected chi connectivity index (χ1v) is 6.36. The number of rotatable bonds is 3. The van der Waals surface area contributed by atoms with Crippen molar-refractivity contribution in [1.29, 1.82) is 0 Å². The van der Waals surface area contributed by atoms with Crippen molar-refractivity contribution in [3.63, 3.8) is 0 Å². The highest BCUT2D eigenvalue weighted by Crippen LogP contribution is 2.25. The topological polar surface area (TPSA) is 6.48 Å². The molecule has 1 saturated carbocycles. The van der Waals surface area contributed by atoms with E-state index in [1.165, 1.54) is 64.8 Å². The average Bonchev–Trinajstić information content (AvgIpc) is 2.29. The lowest BCUT2D eigenvalue weighted by Crippen LogP contribution is -2.42. The molecule has 0 spiro atoms. The van der Waals surface area contributed by atoms with Crippen LogP contribution in [0.2, 0.25) is 0 Å². The van der Waals surface area contributed by atoms with Gasteiger partial charge in [-0.05, 0) is 45.3 Å². The monoisotopic (exact) mass is 196 g/mol. The summed E-state index contributed by atoms with van der Waals surface area (Å²) >= 11 is 0. The van der Waals surface area contributed by atoms with E-state index in [9.17, 15) is 0 Å². The number of hydrogen-bond acceptors (Lipinski definition) is 2. The van der Waals surface area contributed by atoms with Crippen molar-refractivity contribution in [2.75, 3.05) is 32.7 Å². The zero-order chi connectivity index (χ0) is 9.80. The second kappa shape index (κ2) is 5.13. The highest BCUT2D eigenvalue weighted by atomic mass is 15.2. The molecule has 2 rings (SSSR count). The van der Waals surface area contributed by atoms with Crippen molar-refractivity contribution in [3.8, 4) is 0 Å². The molecule has 0 aromatic rings. The lowest BCUT2D eigenvalue weighted by Gasteiger charge is -2.36. The van der Waals surface area contributed by atoms with Crippen LogP contribution >= 0.6 is 0 Å². The molecule has 0 aromatic heterocycles. The maximum absolute atomic E-state index is 2.74. The summed E-state index contributed by atoms with van der Waals surface area (Å²) in [6.45, 7) is 8.91. The van der Waals surface area contributed by atoms with E-state index in [0.29, 0.717) is 0 Å². The third-order valence-electron chi connectivity index (χ3n) is 3.75. The molecule has 0 N–H and O–H groups in total. The SMILES string of the molecule is CCCN1CCCN(C2CCC2)CC1. The lowest BCUT2D eigenvalue weighted by atomic mass is 9.91. The van der Waals surface area contributed by atoms with Gasteiger partial charge in [0.05, 0.1) is 0 Å². The van der Waals surface area contributed by atoms with Crippen LogP contribution in [0.3, 0.4) is 0 Å². The van der Waals surface area contributed by atoms with Gasteiger partial charge in [-0.3, -0.25) is 4.90 Å². The van der Waals surface area contributed by atoms with Crippen LogP contribution in [-0.4, -0.2) is 48.6 Å². The molecule has 1 aliphatic carbocycles. The van der Waals surface area contributed by atoms with Crippen LogP contribution in [0.1, 0.15) is 39.0 Å². The van der Waals surface area contributed by atoms with Crippen LogP contribution in [-0.2, 0) is 0 Å². The third kappa shape index (κ3) is 2.48. The summed E-state index contributed by atoms with van der Waals surface area (Å²) in [7, 11) is 0. The molecule has 82 valence electrons. The van der Waals surface area contributed by atoms with E-state index in [-0.39, 0.29) is 0 Å². The first-order chi connectivity index (χ1) is 6.90.